The van der Waals surface area contributed by atoms with Crippen LogP contribution in [0, 0.1) is 0 Å². The van der Waals surface area contributed by atoms with Crippen LogP contribution >= 0.6 is 15.9 Å². The van der Waals surface area contributed by atoms with Crippen LogP contribution in [0.3, 0.4) is 0 Å². The summed E-state index contributed by atoms with van der Waals surface area (Å²) < 4.78 is 0.797. The summed E-state index contributed by atoms with van der Waals surface area (Å²) in [6, 6.07) is 0. The van der Waals surface area contributed by atoms with Gasteiger partial charge in [-0.2, -0.15) is 0 Å². The van der Waals surface area contributed by atoms with Crippen LogP contribution in [0.15, 0.2) is 28.5 Å². The number of allylic oxidation sites excluding steroid dienone is 2. The maximum atomic E-state index is 10.9. The first-order valence-electron chi connectivity index (χ1n) is 3.61. The number of rotatable bonds is 3. The van der Waals surface area contributed by atoms with Crippen molar-refractivity contribution in [2.24, 2.45) is 0 Å². The molecule has 4 heteroatoms. The Morgan fingerprint density at radius 1 is 1.31 bits per heavy atom. The Balaban J connectivity index is 3.20. The molecular weight excluding hydrogens is 232 g/mol. The van der Waals surface area contributed by atoms with Crippen LogP contribution in [0.1, 0.15) is 11.4 Å². The van der Waals surface area contributed by atoms with Crippen molar-refractivity contribution in [2.45, 2.75) is 0 Å². The molecule has 0 aliphatic heterocycles. The van der Waals surface area contributed by atoms with Crippen molar-refractivity contribution in [3.8, 4) is 0 Å². The molecule has 0 saturated carbocycles. The molecule has 1 aromatic rings. The number of hydrogen-bond acceptors (Lipinski definition) is 1. The van der Waals surface area contributed by atoms with Gasteiger partial charge in [-0.25, -0.2) is 4.79 Å². The lowest BCUT2D eigenvalue weighted by Gasteiger charge is -1.90. The Morgan fingerprint density at radius 3 is 2.46 bits per heavy atom. The minimum absolute atomic E-state index is 0.245. The number of aromatic nitrogens is 2. The fourth-order valence-electron chi connectivity index (χ4n) is 0.882. The van der Waals surface area contributed by atoms with Crippen molar-refractivity contribution in [3.63, 3.8) is 0 Å². The monoisotopic (exact) mass is 240 g/mol. The SMILES string of the molecule is C=C/C(Br)=C\c1[nH]c(=O)[nH]c1C=C. The molecule has 1 heterocycles. The standard InChI is InChI=1S/C9H9BrN2O/c1-3-6(10)5-8-7(4-2)11-9(13)12-8/h3-5H,1-2H2,(H2,11,12,13)/b6-5+. The van der Waals surface area contributed by atoms with Gasteiger partial charge in [0.05, 0.1) is 11.4 Å². The van der Waals surface area contributed by atoms with Gasteiger partial charge in [0.1, 0.15) is 0 Å². The largest absolute Gasteiger partial charge is 0.323 e. The van der Waals surface area contributed by atoms with Gasteiger partial charge in [-0.1, -0.05) is 35.2 Å². The Kier molecular flexibility index (Phi) is 3.08. The zero-order valence-corrected chi connectivity index (χ0v) is 8.52. The van der Waals surface area contributed by atoms with E-state index in [0.717, 1.165) is 4.48 Å². The zero-order chi connectivity index (χ0) is 9.84. The molecule has 0 unspecified atom stereocenters. The third-order valence-corrected chi connectivity index (χ3v) is 2.02. The molecule has 0 aliphatic carbocycles. The third-order valence-electron chi connectivity index (χ3n) is 1.47. The van der Waals surface area contributed by atoms with Crippen LogP contribution in [0.2, 0.25) is 0 Å². The molecule has 1 aromatic heterocycles. The molecule has 0 spiro atoms. The van der Waals surface area contributed by atoms with Crippen molar-refractivity contribution in [2.75, 3.05) is 0 Å². The molecule has 68 valence electrons. The molecule has 0 radical (unpaired) electrons. The van der Waals surface area contributed by atoms with E-state index in [9.17, 15) is 4.79 Å². The molecule has 3 nitrogen and oxygen atoms in total. The maximum absolute atomic E-state index is 10.9. The topological polar surface area (TPSA) is 48.6 Å². The van der Waals surface area contributed by atoms with Gasteiger partial charge in [0.15, 0.2) is 0 Å². The number of halogens is 1. The van der Waals surface area contributed by atoms with Crippen LogP contribution in [0.5, 0.6) is 0 Å². The summed E-state index contributed by atoms with van der Waals surface area (Å²) in [6.45, 7) is 7.15. The summed E-state index contributed by atoms with van der Waals surface area (Å²) in [5, 5.41) is 0. The summed E-state index contributed by atoms with van der Waals surface area (Å²) >= 11 is 3.26. The molecule has 0 bridgehead atoms. The van der Waals surface area contributed by atoms with Gasteiger partial charge >= 0.3 is 5.69 Å². The molecule has 0 aliphatic rings. The van der Waals surface area contributed by atoms with Gasteiger partial charge in [-0.3, -0.25) is 0 Å². The van der Waals surface area contributed by atoms with Gasteiger partial charge in [0.2, 0.25) is 0 Å². The predicted octanol–water partition coefficient (Wildman–Crippen LogP) is 2.27. The Bertz CT molecular complexity index is 411. The first-order valence-corrected chi connectivity index (χ1v) is 4.41. The van der Waals surface area contributed by atoms with Crippen molar-refractivity contribution >= 4 is 28.1 Å². The molecule has 0 fully saturated rings. The summed E-state index contributed by atoms with van der Waals surface area (Å²) in [6.07, 6.45) is 4.97. The number of aromatic amines is 2. The highest BCUT2D eigenvalue weighted by Gasteiger charge is 2.00. The normalized spacial score (nSPS) is 11.3. The van der Waals surface area contributed by atoms with Gasteiger partial charge < -0.3 is 9.97 Å². The molecule has 13 heavy (non-hydrogen) atoms. The van der Waals surface area contributed by atoms with E-state index in [4.69, 9.17) is 0 Å². The van der Waals surface area contributed by atoms with Crippen LogP contribution in [0.4, 0.5) is 0 Å². The van der Waals surface area contributed by atoms with E-state index in [1.807, 2.05) is 0 Å². The van der Waals surface area contributed by atoms with E-state index in [1.54, 1.807) is 18.2 Å². The van der Waals surface area contributed by atoms with E-state index in [2.05, 4.69) is 39.1 Å². The molecule has 0 aromatic carbocycles. The Morgan fingerprint density at radius 2 is 1.92 bits per heavy atom. The van der Waals surface area contributed by atoms with Gasteiger partial charge in [0.25, 0.3) is 0 Å². The summed E-state index contributed by atoms with van der Waals surface area (Å²) in [5.41, 5.74) is 1.11. The van der Waals surface area contributed by atoms with Crippen molar-refractivity contribution in [3.05, 3.63) is 45.6 Å². The lowest BCUT2D eigenvalue weighted by atomic mass is 10.3. The van der Waals surface area contributed by atoms with E-state index in [1.165, 1.54) is 0 Å². The molecule has 2 N–H and O–H groups in total. The number of H-pyrrole nitrogens is 2. The fraction of sp³-hybridized carbons (Fsp3) is 0. The molecule has 0 amide bonds. The van der Waals surface area contributed by atoms with Crippen molar-refractivity contribution < 1.29 is 0 Å². The first kappa shape index (κ1) is 9.80. The van der Waals surface area contributed by atoms with E-state index < -0.39 is 0 Å². The summed E-state index contributed by atoms with van der Waals surface area (Å²) in [4.78, 5) is 16.1. The summed E-state index contributed by atoms with van der Waals surface area (Å²) in [7, 11) is 0. The maximum Gasteiger partial charge on any atom is 0.323 e. The number of imidazole rings is 1. The van der Waals surface area contributed by atoms with Gasteiger partial charge in [-0.15, -0.1) is 0 Å². The number of hydrogen-bond donors (Lipinski definition) is 2. The van der Waals surface area contributed by atoms with E-state index in [0.29, 0.717) is 11.4 Å². The quantitative estimate of drug-likeness (QED) is 0.783. The molecule has 0 atom stereocenters. The summed E-state index contributed by atoms with van der Waals surface area (Å²) in [5.74, 6) is 0. The zero-order valence-electron chi connectivity index (χ0n) is 6.93. The second-order valence-electron chi connectivity index (χ2n) is 2.34. The smallest absolute Gasteiger partial charge is 0.306 e. The molecule has 1 rings (SSSR count). The molecular formula is C9H9BrN2O. The third kappa shape index (κ3) is 2.32. The van der Waals surface area contributed by atoms with Crippen LogP contribution < -0.4 is 5.69 Å². The highest BCUT2D eigenvalue weighted by molar-refractivity contribution is 9.12. The highest BCUT2D eigenvalue weighted by atomic mass is 79.9. The lowest BCUT2D eigenvalue weighted by Crippen LogP contribution is -2.00. The lowest BCUT2D eigenvalue weighted by molar-refractivity contribution is 1.18. The van der Waals surface area contributed by atoms with Crippen LogP contribution in [-0.4, -0.2) is 9.97 Å². The second-order valence-corrected chi connectivity index (χ2v) is 3.26. The van der Waals surface area contributed by atoms with Crippen LogP contribution in [-0.2, 0) is 0 Å². The second kappa shape index (κ2) is 4.09. The Labute approximate surface area is 84.0 Å². The van der Waals surface area contributed by atoms with Gasteiger partial charge in [0, 0.05) is 4.48 Å². The van der Waals surface area contributed by atoms with E-state index >= 15 is 0 Å². The average Bonchev–Trinajstić information content (AvgIpc) is 2.46. The number of nitrogens with one attached hydrogen (secondary N) is 2. The van der Waals surface area contributed by atoms with E-state index in [-0.39, 0.29) is 5.69 Å². The minimum Gasteiger partial charge on any atom is -0.306 e. The fourth-order valence-corrected chi connectivity index (χ4v) is 1.11. The van der Waals surface area contributed by atoms with Crippen molar-refractivity contribution in [1.29, 1.82) is 0 Å². The minimum atomic E-state index is -0.245. The van der Waals surface area contributed by atoms with Crippen LogP contribution in [0.25, 0.3) is 12.2 Å². The highest BCUT2D eigenvalue weighted by Crippen LogP contribution is 2.13. The molecule has 0 saturated heterocycles. The predicted molar refractivity (Wildman–Crippen MR) is 58.6 cm³/mol. The van der Waals surface area contributed by atoms with Gasteiger partial charge in [-0.05, 0) is 12.2 Å². The average molecular weight is 241 g/mol. The Hall–Kier alpha value is -1.29. The first-order chi connectivity index (χ1) is 6.17. The van der Waals surface area contributed by atoms with Crippen molar-refractivity contribution in [1.82, 2.24) is 9.97 Å².